The van der Waals surface area contributed by atoms with Gasteiger partial charge in [-0.1, -0.05) is 41.7 Å². The first-order valence-electron chi connectivity index (χ1n) is 10.5. The van der Waals surface area contributed by atoms with Gasteiger partial charge < -0.3 is 9.72 Å². The Kier molecular flexibility index (Phi) is 5.30. The van der Waals surface area contributed by atoms with E-state index in [1.807, 2.05) is 36.5 Å². The maximum absolute atomic E-state index is 13.6. The number of aromatic amines is 1. The molecule has 0 fully saturated rings. The molecule has 8 heteroatoms. The summed E-state index contributed by atoms with van der Waals surface area (Å²) in [6, 6.07) is 12.9. The zero-order valence-corrected chi connectivity index (χ0v) is 18.8. The molecular formula is C25H20FN3O3S. The van der Waals surface area contributed by atoms with Crippen LogP contribution in [0.2, 0.25) is 0 Å². The van der Waals surface area contributed by atoms with Crippen molar-refractivity contribution in [1.82, 2.24) is 9.55 Å². The fourth-order valence-electron chi connectivity index (χ4n) is 4.11. The molecule has 6 nitrogen and oxygen atoms in total. The summed E-state index contributed by atoms with van der Waals surface area (Å²) in [5.41, 5.74) is 2.94. The number of thiazole rings is 1. The molecule has 0 aliphatic carbocycles. The van der Waals surface area contributed by atoms with Crippen LogP contribution in [0.4, 0.5) is 4.39 Å². The number of fused-ring (bicyclic) bond motifs is 2. The summed E-state index contributed by atoms with van der Waals surface area (Å²) in [6.45, 7) is 3.63. The Morgan fingerprint density at radius 3 is 2.76 bits per heavy atom. The molecule has 0 saturated carbocycles. The molecule has 0 unspecified atom stereocenters. The molecule has 3 heterocycles. The van der Waals surface area contributed by atoms with Crippen molar-refractivity contribution >= 4 is 34.3 Å². The van der Waals surface area contributed by atoms with Gasteiger partial charge in [0.1, 0.15) is 5.82 Å². The van der Waals surface area contributed by atoms with E-state index in [4.69, 9.17) is 4.74 Å². The quantitative estimate of drug-likeness (QED) is 0.473. The normalized spacial score (nSPS) is 16.1. The number of halogens is 1. The number of ether oxygens (including phenoxy) is 1. The Bertz CT molecular complexity index is 1590. The molecule has 0 radical (unpaired) electrons. The van der Waals surface area contributed by atoms with Crippen LogP contribution in [-0.4, -0.2) is 22.1 Å². The molecule has 0 amide bonds. The summed E-state index contributed by atoms with van der Waals surface area (Å²) in [5.74, 6) is -0.942. The third-order valence-electron chi connectivity index (χ3n) is 5.61. The van der Waals surface area contributed by atoms with Crippen molar-refractivity contribution < 1.29 is 13.9 Å². The van der Waals surface area contributed by atoms with E-state index >= 15 is 0 Å². The van der Waals surface area contributed by atoms with E-state index in [0.717, 1.165) is 16.5 Å². The van der Waals surface area contributed by atoms with Crippen LogP contribution in [0.25, 0.3) is 17.0 Å². The van der Waals surface area contributed by atoms with Crippen molar-refractivity contribution in [2.45, 2.75) is 19.9 Å². The average molecular weight is 462 g/mol. The predicted octanol–water partition coefficient (Wildman–Crippen LogP) is 3.42. The molecule has 0 spiro atoms. The van der Waals surface area contributed by atoms with Crippen LogP contribution in [-0.2, 0) is 9.53 Å². The number of hydrogen-bond acceptors (Lipinski definition) is 5. The minimum atomic E-state index is -0.758. The SMILES string of the molecule is CCOC(=O)C1=C(C)N=c2sc(=Cc3c[nH]c4ccccc34)c(=O)n2[C@H]1c1ccc(F)cc1. The molecule has 4 aromatic rings. The number of carbonyl (C=O) groups excluding carboxylic acids is 1. The van der Waals surface area contributed by atoms with E-state index in [1.165, 1.54) is 28.0 Å². The summed E-state index contributed by atoms with van der Waals surface area (Å²) in [6.07, 6.45) is 3.68. The highest BCUT2D eigenvalue weighted by Gasteiger charge is 2.33. The van der Waals surface area contributed by atoms with Crippen molar-refractivity contribution in [2.24, 2.45) is 4.99 Å². The number of para-hydroxylation sites is 1. The standard InChI is InChI=1S/C25H20FN3O3S/c1-3-32-24(31)21-14(2)28-25-29(22(21)15-8-10-17(26)11-9-15)23(30)20(33-25)12-16-13-27-19-7-5-4-6-18(16)19/h4-13,22,27H,3H2,1-2H3/t22-/m0/s1. The molecule has 1 aliphatic rings. The maximum Gasteiger partial charge on any atom is 0.338 e. The van der Waals surface area contributed by atoms with Gasteiger partial charge in [0, 0.05) is 22.7 Å². The molecule has 166 valence electrons. The molecule has 33 heavy (non-hydrogen) atoms. The molecule has 2 aromatic heterocycles. The number of H-pyrrole nitrogens is 1. The van der Waals surface area contributed by atoms with Crippen LogP contribution in [0.1, 0.15) is 31.0 Å². The van der Waals surface area contributed by atoms with Crippen LogP contribution < -0.4 is 14.9 Å². The van der Waals surface area contributed by atoms with Gasteiger partial charge in [-0.05, 0) is 43.7 Å². The fraction of sp³-hybridized carbons (Fsp3) is 0.160. The average Bonchev–Trinajstić information content (AvgIpc) is 3.35. The third-order valence-corrected chi connectivity index (χ3v) is 6.59. The number of nitrogens with one attached hydrogen (secondary N) is 1. The molecule has 5 rings (SSSR count). The monoisotopic (exact) mass is 461 g/mol. The van der Waals surface area contributed by atoms with Gasteiger partial charge in [0.05, 0.1) is 28.5 Å². The number of esters is 1. The van der Waals surface area contributed by atoms with Crippen molar-refractivity contribution in [1.29, 1.82) is 0 Å². The molecule has 1 atom stereocenters. The molecule has 0 saturated heterocycles. The Labute approximate surface area is 192 Å². The largest absolute Gasteiger partial charge is 0.463 e. The first kappa shape index (κ1) is 21.1. The molecule has 2 aromatic carbocycles. The van der Waals surface area contributed by atoms with Gasteiger partial charge in [-0.15, -0.1) is 0 Å². The van der Waals surface area contributed by atoms with Crippen molar-refractivity contribution in [3.05, 3.63) is 103 Å². The summed E-state index contributed by atoms with van der Waals surface area (Å²) in [4.78, 5) is 34.7. The highest BCUT2D eigenvalue weighted by atomic mass is 32.1. The zero-order chi connectivity index (χ0) is 23.1. The van der Waals surface area contributed by atoms with E-state index in [9.17, 15) is 14.0 Å². The number of aromatic nitrogens is 2. The summed E-state index contributed by atoms with van der Waals surface area (Å²) < 4.78 is 20.9. The van der Waals surface area contributed by atoms with Crippen molar-refractivity contribution in [3.63, 3.8) is 0 Å². The maximum atomic E-state index is 13.6. The van der Waals surface area contributed by atoms with Gasteiger partial charge in [-0.2, -0.15) is 0 Å². The van der Waals surface area contributed by atoms with Gasteiger partial charge in [-0.3, -0.25) is 9.36 Å². The van der Waals surface area contributed by atoms with Gasteiger partial charge in [0.15, 0.2) is 4.80 Å². The number of rotatable bonds is 4. The van der Waals surface area contributed by atoms with E-state index < -0.39 is 17.8 Å². The lowest BCUT2D eigenvalue weighted by molar-refractivity contribution is -0.139. The van der Waals surface area contributed by atoms with Crippen LogP contribution in [0.15, 0.2) is 75.8 Å². The Morgan fingerprint density at radius 2 is 2.00 bits per heavy atom. The zero-order valence-electron chi connectivity index (χ0n) is 18.0. The van der Waals surface area contributed by atoms with E-state index in [1.54, 1.807) is 26.0 Å². The van der Waals surface area contributed by atoms with Gasteiger partial charge in [0.2, 0.25) is 0 Å². The first-order chi connectivity index (χ1) is 16.0. The number of nitrogens with zero attached hydrogens (tertiary/aromatic N) is 2. The van der Waals surface area contributed by atoms with Gasteiger partial charge >= 0.3 is 5.97 Å². The number of carbonyl (C=O) groups is 1. The highest BCUT2D eigenvalue weighted by Crippen LogP contribution is 2.30. The summed E-state index contributed by atoms with van der Waals surface area (Å²) >= 11 is 1.26. The second-order valence-corrected chi connectivity index (χ2v) is 8.65. The highest BCUT2D eigenvalue weighted by molar-refractivity contribution is 7.07. The number of allylic oxidation sites excluding steroid dienone is 1. The minimum absolute atomic E-state index is 0.191. The Balaban J connectivity index is 1.74. The van der Waals surface area contributed by atoms with Gasteiger partial charge in [-0.25, -0.2) is 14.2 Å². The summed E-state index contributed by atoms with van der Waals surface area (Å²) in [5, 5.41) is 1.00. The minimum Gasteiger partial charge on any atom is -0.463 e. The van der Waals surface area contributed by atoms with Crippen LogP contribution in [0, 0.1) is 5.82 Å². The third kappa shape index (κ3) is 3.62. The predicted molar refractivity (Wildman–Crippen MR) is 125 cm³/mol. The fourth-order valence-corrected chi connectivity index (χ4v) is 5.14. The number of hydrogen-bond donors (Lipinski definition) is 1. The van der Waals surface area contributed by atoms with Crippen molar-refractivity contribution in [3.8, 4) is 0 Å². The van der Waals surface area contributed by atoms with E-state index in [2.05, 4.69) is 9.98 Å². The first-order valence-corrected chi connectivity index (χ1v) is 11.3. The Morgan fingerprint density at radius 1 is 1.24 bits per heavy atom. The second kappa shape index (κ2) is 8.29. The van der Waals surface area contributed by atoms with Crippen molar-refractivity contribution in [2.75, 3.05) is 6.61 Å². The Hall–Kier alpha value is -3.78. The molecule has 1 N–H and O–H groups in total. The number of benzene rings is 2. The lowest BCUT2D eigenvalue weighted by Gasteiger charge is -2.24. The molecule has 0 bridgehead atoms. The van der Waals surface area contributed by atoms with Crippen LogP contribution in [0.3, 0.4) is 0 Å². The van der Waals surface area contributed by atoms with E-state index in [0.29, 0.717) is 20.6 Å². The van der Waals surface area contributed by atoms with Crippen LogP contribution in [0.5, 0.6) is 0 Å². The van der Waals surface area contributed by atoms with E-state index in [-0.39, 0.29) is 17.7 Å². The van der Waals surface area contributed by atoms with Gasteiger partial charge in [0.25, 0.3) is 5.56 Å². The molecule has 1 aliphatic heterocycles. The second-order valence-electron chi connectivity index (χ2n) is 7.64. The topological polar surface area (TPSA) is 76.4 Å². The van der Waals surface area contributed by atoms with Crippen LogP contribution >= 0.6 is 11.3 Å². The summed E-state index contributed by atoms with van der Waals surface area (Å²) in [7, 11) is 0. The smallest absolute Gasteiger partial charge is 0.338 e. The lowest BCUT2D eigenvalue weighted by Crippen LogP contribution is -2.39. The molecular weight excluding hydrogens is 441 g/mol. The lowest BCUT2D eigenvalue weighted by atomic mass is 9.96.